The molecule has 0 aliphatic heterocycles. The largest absolute Gasteiger partial charge is 0.318 e. The molecule has 2 aromatic rings. The first-order valence-electron chi connectivity index (χ1n) is 6.35. The van der Waals surface area contributed by atoms with Gasteiger partial charge in [-0.15, -0.1) is 0 Å². The maximum absolute atomic E-state index is 2.35. The number of nitrogens with zero attached hydrogens (tertiary/aromatic N) is 1. The van der Waals surface area contributed by atoms with Crippen LogP contribution in [-0.2, 0) is 0 Å². The topological polar surface area (TPSA) is 3.24 Å². The smallest absolute Gasteiger partial charge is 0.0573 e. The second-order valence-electron chi connectivity index (χ2n) is 4.63. The molecular weight excluding hydrogens is 234 g/mol. The summed E-state index contributed by atoms with van der Waals surface area (Å²) in [5.41, 5.74) is 4.75. The lowest BCUT2D eigenvalue weighted by Crippen LogP contribution is -2.09. The predicted molar refractivity (Wildman–Crippen MR) is 83.0 cm³/mol. The number of anilines is 2. The van der Waals surface area contributed by atoms with E-state index < -0.39 is 8.80 Å². The van der Waals surface area contributed by atoms with Gasteiger partial charge >= 0.3 is 0 Å². The summed E-state index contributed by atoms with van der Waals surface area (Å²) in [6, 6.07) is 21.0. The molecule has 0 saturated carbocycles. The lowest BCUT2D eigenvalue weighted by Gasteiger charge is -2.21. The average Bonchev–Trinajstić information content (AvgIpc) is 2.41. The highest BCUT2D eigenvalue weighted by atomic mass is 28.3. The Balaban J connectivity index is 2.35. The van der Waals surface area contributed by atoms with Gasteiger partial charge in [-0.1, -0.05) is 55.2 Å². The molecule has 0 heterocycles. The number of rotatable bonds is 4. The molecule has 0 radical (unpaired) electrons. The average molecular weight is 253 g/mol. The summed E-state index contributed by atoms with van der Waals surface area (Å²) in [5, 5.41) is 0. The molecule has 0 aliphatic rings. The second-order valence-corrected chi connectivity index (χ2v) is 7.50. The summed E-state index contributed by atoms with van der Waals surface area (Å²) in [5.74, 6) is 0. The number of hydrogen-bond acceptors (Lipinski definition) is 1. The fourth-order valence-corrected chi connectivity index (χ4v) is 2.27. The number of hydrogen-bond donors (Lipinski definition) is 0. The fraction of sp³-hybridized carbons (Fsp3) is 0.125. The Morgan fingerprint density at radius 2 is 1.22 bits per heavy atom. The van der Waals surface area contributed by atoms with E-state index in [-0.39, 0.29) is 0 Å². The standard InChI is InChI=1S/C16H19NSi/c1-18(2)14-13-17(15-9-5-3-6-10-15)16-11-7-4-8-12-16/h3-14,18H,1-2H3. The predicted octanol–water partition coefficient (Wildman–Crippen LogP) is 4.36. The first-order chi connectivity index (χ1) is 8.77. The molecule has 0 fully saturated rings. The van der Waals surface area contributed by atoms with Crippen molar-refractivity contribution < 1.29 is 0 Å². The van der Waals surface area contributed by atoms with Crippen molar-refractivity contribution in [2.24, 2.45) is 0 Å². The van der Waals surface area contributed by atoms with E-state index in [1.807, 2.05) is 12.1 Å². The highest BCUT2D eigenvalue weighted by Gasteiger charge is 2.04. The molecule has 0 saturated heterocycles. The minimum Gasteiger partial charge on any atom is -0.318 e. The van der Waals surface area contributed by atoms with Gasteiger partial charge in [0.15, 0.2) is 0 Å². The molecular formula is C16H19NSi. The van der Waals surface area contributed by atoms with E-state index in [0.717, 1.165) is 0 Å². The van der Waals surface area contributed by atoms with Gasteiger partial charge < -0.3 is 4.90 Å². The molecule has 0 amide bonds. The van der Waals surface area contributed by atoms with Crippen LogP contribution in [0.1, 0.15) is 0 Å². The summed E-state index contributed by atoms with van der Waals surface area (Å²) in [6.45, 7) is 4.65. The Kier molecular flexibility index (Phi) is 4.37. The van der Waals surface area contributed by atoms with Crippen LogP contribution in [0.25, 0.3) is 0 Å². The lowest BCUT2D eigenvalue weighted by molar-refractivity contribution is 1.29. The van der Waals surface area contributed by atoms with Gasteiger partial charge in [0.05, 0.1) is 8.80 Å². The fourth-order valence-electron chi connectivity index (χ4n) is 1.76. The third kappa shape index (κ3) is 3.34. The van der Waals surface area contributed by atoms with E-state index in [1.165, 1.54) is 11.4 Å². The summed E-state index contributed by atoms with van der Waals surface area (Å²) in [7, 11) is -0.696. The van der Waals surface area contributed by atoms with E-state index in [2.05, 4.69) is 78.4 Å². The third-order valence-corrected chi connectivity index (χ3v) is 3.63. The summed E-state index contributed by atoms with van der Waals surface area (Å²) < 4.78 is 0. The van der Waals surface area contributed by atoms with Gasteiger partial charge in [0.1, 0.15) is 0 Å². The SMILES string of the molecule is C[SiH](C)C=CN(c1ccccc1)c1ccccc1. The van der Waals surface area contributed by atoms with Crippen molar-refractivity contribution in [1.29, 1.82) is 0 Å². The molecule has 2 rings (SSSR count). The van der Waals surface area contributed by atoms with Crippen LogP contribution in [0.4, 0.5) is 11.4 Å². The Labute approximate surface area is 111 Å². The van der Waals surface area contributed by atoms with E-state index in [1.54, 1.807) is 0 Å². The summed E-state index contributed by atoms with van der Waals surface area (Å²) in [4.78, 5) is 2.24. The van der Waals surface area contributed by atoms with Gasteiger partial charge in [-0.2, -0.15) is 0 Å². The minimum atomic E-state index is -0.696. The van der Waals surface area contributed by atoms with Crippen LogP contribution in [0.3, 0.4) is 0 Å². The zero-order chi connectivity index (χ0) is 12.8. The molecule has 92 valence electrons. The second kappa shape index (κ2) is 6.22. The van der Waals surface area contributed by atoms with Crippen LogP contribution in [-0.4, -0.2) is 8.80 Å². The zero-order valence-electron chi connectivity index (χ0n) is 11.0. The van der Waals surface area contributed by atoms with Gasteiger partial charge in [-0.3, -0.25) is 0 Å². The monoisotopic (exact) mass is 253 g/mol. The Bertz CT molecular complexity index is 452. The molecule has 0 bridgehead atoms. The normalized spacial score (nSPS) is 11.1. The van der Waals surface area contributed by atoms with Crippen LogP contribution in [0.5, 0.6) is 0 Å². The first kappa shape index (κ1) is 12.6. The Hall–Kier alpha value is -1.80. The van der Waals surface area contributed by atoms with Crippen molar-refractivity contribution >= 4 is 20.2 Å². The molecule has 0 unspecified atom stereocenters. The highest BCUT2D eigenvalue weighted by Crippen LogP contribution is 2.25. The molecule has 0 aliphatic carbocycles. The maximum Gasteiger partial charge on any atom is 0.0573 e. The molecule has 2 aromatic carbocycles. The van der Waals surface area contributed by atoms with Crippen molar-refractivity contribution in [3.8, 4) is 0 Å². The van der Waals surface area contributed by atoms with Crippen molar-refractivity contribution in [2.45, 2.75) is 13.1 Å². The van der Waals surface area contributed by atoms with Gasteiger partial charge in [-0.05, 0) is 24.3 Å². The van der Waals surface area contributed by atoms with E-state index >= 15 is 0 Å². The molecule has 0 N–H and O–H groups in total. The number of benzene rings is 2. The van der Waals surface area contributed by atoms with Gasteiger partial charge in [0.25, 0.3) is 0 Å². The van der Waals surface area contributed by atoms with Gasteiger partial charge in [0.2, 0.25) is 0 Å². The zero-order valence-corrected chi connectivity index (χ0v) is 12.1. The molecule has 1 nitrogen and oxygen atoms in total. The summed E-state index contributed by atoms with van der Waals surface area (Å²) >= 11 is 0. The van der Waals surface area contributed by atoms with Crippen molar-refractivity contribution in [1.82, 2.24) is 0 Å². The maximum atomic E-state index is 2.35. The molecule has 0 atom stereocenters. The van der Waals surface area contributed by atoms with E-state index in [9.17, 15) is 0 Å². The van der Waals surface area contributed by atoms with E-state index in [4.69, 9.17) is 0 Å². The molecule has 18 heavy (non-hydrogen) atoms. The summed E-state index contributed by atoms with van der Waals surface area (Å²) in [6.07, 6.45) is 2.21. The van der Waals surface area contributed by atoms with Crippen molar-refractivity contribution in [3.05, 3.63) is 72.6 Å². The molecule has 0 aromatic heterocycles. The van der Waals surface area contributed by atoms with Crippen molar-refractivity contribution in [2.75, 3.05) is 4.90 Å². The van der Waals surface area contributed by atoms with Crippen LogP contribution in [0, 0.1) is 0 Å². The van der Waals surface area contributed by atoms with Gasteiger partial charge in [0, 0.05) is 17.6 Å². The quantitative estimate of drug-likeness (QED) is 0.732. The molecule has 2 heteroatoms. The van der Waals surface area contributed by atoms with E-state index in [0.29, 0.717) is 0 Å². The van der Waals surface area contributed by atoms with Gasteiger partial charge in [-0.25, -0.2) is 0 Å². The van der Waals surface area contributed by atoms with Crippen LogP contribution >= 0.6 is 0 Å². The van der Waals surface area contributed by atoms with Crippen LogP contribution in [0.2, 0.25) is 13.1 Å². The highest BCUT2D eigenvalue weighted by molar-refractivity contribution is 6.61. The number of para-hydroxylation sites is 2. The van der Waals surface area contributed by atoms with Crippen LogP contribution < -0.4 is 4.90 Å². The Morgan fingerprint density at radius 1 is 0.778 bits per heavy atom. The molecule has 0 spiro atoms. The minimum absolute atomic E-state index is 0.696. The van der Waals surface area contributed by atoms with Crippen molar-refractivity contribution in [3.63, 3.8) is 0 Å². The third-order valence-electron chi connectivity index (χ3n) is 2.69. The first-order valence-corrected chi connectivity index (χ1v) is 9.32. The lowest BCUT2D eigenvalue weighted by atomic mass is 10.2. The van der Waals surface area contributed by atoms with Crippen LogP contribution in [0.15, 0.2) is 72.6 Å². The Morgan fingerprint density at radius 3 is 1.61 bits per heavy atom.